The number of carbonyl (C=O) groups is 2. The van der Waals surface area contributed by atoms with Gasteiger partial charge in [-0.15, -0.1) is 0 Å². The second-order valence-corrected chi connectivity index (χ2v) is 6.72. The molecule has 1 aromatic rings. The second-order valence-electron chi connectivity index (χ2n) is 6.72. The summed E-state index contributed by atoms with van der Waals surface area (Å²) in [5.74, 6) is -1.33. The Bertz CT molecular complexity index is 553. The Labute approximate surface area is 130 Å². The van der Waals surface area contributed by atoms with Gasteiger partial charge in [-0.25, -0.2) is 0 Å². The molecule has 0 fully saturated rings. The minimum Gasteiger partial charge on any atom is -0.395 e. The molecule has 22 heavy (non-hydrogen) atoms. The van der Waals surface area contributed by atoms with Crippen molar-refractivity contribution >= 4 is 11.8 Å². The molecule has 6 nitrogen and oxygen atoms in total. The predicted octanol–water partition coefficient (Wildman–Crippen LogP) is 0.424. The fourth-order valence-electron chi connectivity index (χ4n) is 2.58. The summed E-state index contributed by atoms with van der Waals surface area (Å²) >= 11 is 0. The van der Waals surface area contributed by atoms with Gasteiger partial charge < -0.3 is 21.7 Å². The Morgan fingerprint density at radius 1 is 0.864 bits per heavy atom. The molecule has 0 heterocycles. The van der Waals surface area contributed by atoms with E-state index >= 15 is 0 Å². The number of carbonyl (C=O) groups excluding carboxylic acids is 2. The van der Waals surface area contributed by atoms with Gasteiger partial charge in [-0.05, 0) is 23.3 Å². The van der Waals surface area contributed by atoms with Crippen LogP contribution in [0.15, 0.2) is 12.1 Å². The van der Waals surface area contributed by atoms with Crippen LogP contribution in [0.3, 0.4) is 0 Å². The highest BCUT2D eigenvalue weighted by Gasteiger charge is 2.36. The first-order valence-corrected chi connectivity index (χ1v) is 6.99. The molecule has 0 aliphatic rings. The standard InChI is InChI=1S/C16H24N2O4/c1-15(2,7-19)11-9(13(17)21)5-6-10(14(18)22)12(11)16(3,4)8-20/h5-6,19-20H,7-8H2,1-4H3,(H2,17,21)(H2,18,22). The third-order valence-electron chi connectivity index (χ3n) is 3.88. The lowest BCUT2D eigenvalue weighted by Gasteiger charge is -2.35. The normalized spacial score (nSPS) is 12.3. The summed E-state index contributed by atoms with van der Waals surface area (Å²) < 4.78 is 0. The molecule has 0 aliphatic carbocycles. The highest BCUT2D eigenvalue weighted by molar-refractivity contribution is 6.00. The number of aliphatic hydroxyl groups excluding tert-OH is 2. The summed E-state index contributed by atoms with van der Waals surface area (Å²) in [6, 6.07) is 2.87. The summed E-state index contributed by atoms with van der Waals surface area (Å²) in [6.07, 6.45) is 0. The van der Waals surface area contributed by atoms with Crippen LogP contribution >= 0.6 is 0 Å². The first-order chi connectivity index (χ1) is 9.99. The van der Waals surface area contributed by atoms with Gasteiger partial charge in [0, 0.05) is 22.0 Å². The van der Waals surface area contributed by atoms with Crippen molar-refractivity contribution in [2.24, 2.45) is 11.5 Å². The van der Waals surface area contributed by atoms with E-state index in [1.54, 1.807) is 27.7 Å². The van der Waals surface area contributed by atoms with Crippen LogP contribution in [0, 0.1) is 0 Å². The first-order valence-electron chi connectivity index (χ1n) is 6.99. The minimum atomic E-state index is -0.836. The molecular formula is C16H24N2O4. The van der Waals surface area contributed by atoms with Crippen molar-refractivity contribution in [1.82, 2.24) is 0 Å². The lowest BCUT2D eigenvalue weighted by atomic mass is 9.70. The summed E-state index contributed by atoms with van der Waals surface area (Å²) in [5.41, 5.74) is 10.5. The lowest BCUT2D eigenvalue weighted by molar-refractivity contribution is 0.0981. The number of primary amides is 2. The number of aliphatic hydroxyl groups is 2. The third kappa shape index (κ3) is 3.13. The molecule has 0 radical (unpaired) electrons. The number of hydrogen-bond acceptors (Lipinski definition) is 4. The summed E-state index contributed by atoms with van der Waals surface area (Å²) in [5, 5.41) is 19.4. The Balaban J connectivity index is 3.99. The zero-order chi connectivity index (χ0) is 17.3. The Morgan fingerprint density at radius 2 is 1.14 bits per heavy atom. The van der Waals surface area contributed by atoms with E-state index in [4.69, 9.17) is 11.5 Å². The molecule has 0 saturated carbocycles. The number of amides is 2. The highest BCUT2D eigenvalue weighted by atomic mass is 16.3. The molecule has 1 rings (SSSR count). The van der Waals surface area contributed by atoms with E-state index in [1.807, 2.05) is 0 Å². The van der Waals surface area contributed by atoms with Crippen molar-refractivity contribution in [2.75, 3.05) is 13.2 Å². The molecule has 6 N–H and O–H groups in total. The van der Waals surface area contributed by atoms with E-state index in [0.717, 1.165) is 0 Å². The monoisotopic (exact) mass is 308 g/mol. The van der Waals surface area contributed by atoms with E-state index in [9.17, 15) is 19.8 Å². The van der Waals surface area contributed by atoms with E-state index in [0.29, 0.717) is 11.1 Å². The van der Waals surface area contributed by atoms with Gasteiger partial charge in [-0.3, -0.25) is 9.59 Å². The predicted molar refractivity (Wildman–Crippen MR) is 83.7 cm³/mol. The third-order valence-corrected chi connectivity index (χ3v) is 3.88. The van der Waals surface area contributed by atoms with Crippen molar-refractivity contribution in [2.45, 2.75) is 38.5 Å². The van der Waals surface area contributed by atoms with Gasteiger partial charge in [0.2, 0.25) is 11.8 Å². The van der Waals surface area contributed by atoms with Gasteiger partial charge >= 0.3 is 0 Å². The van der Waals surface area contributed by atoms with Crippen molar-refractivity contribution in [1.29, 1.82) is 0 Å². The van der Waals surface area contributed by atoms with Crippen molar-refractivity contribution in [3.63, 3.8) is 0 Å². The smallest absolute Gasteiger partial charge is 0.249 e. The van der Waals surface area contributed by atoms with Gasteiger partial charge in [-0.1, -0.05) is 27.7 Å². The van der Waals surface area contributed by atoms with E-state index in [-0.39, 0.29) is 24.3 Å². The van der Waals surface area contributed by atoms with Crippen LogP contribution in [0.5, 0.6) is 0 Å². The molecule has 1 aromatic carbocycles. The molecule has 0 spiro atoms. The average Bonchev–Trinajstić information content (AvgIpc) is 2.45. The van der Waals surface area contributed by atoms with Crippen LogP contribution in [-0.4, -0.2) is 35.2 Å². The maximum absolute atomic E-state index is 11.8. The maximum atomic E-state index is 11.8. The zero-order valence-corrected chi connectivity index (χ0v) is 13.4. The molecule has 122 valence electrons. The first kappa shape index (κ1) is 18.1. The van der Waals surface area contributed by atoms with Crippen molar-refractivity contribution in [3.05, 3.63) is 34.4 Å². The minimum absolute atomic E-state index is 0.209. The van der Waals surface area contributed by atoms with Gasteiger partial charge in [0.15, 0.2) is 0 Å². The number of nitrogens with two attached hydrogens (primary N) is 2. The molecular weight excluding hydrogens is 284 g/mol. The summed E-state index contributed by atoms with van der Waals surface area (Å²) in [4.78, 5) is 23.6. The van der Waals surface area contributed by atoms with Gasteiger partial charge in [0.25, 0.3) is 0 Å². The number of hydrogen-bond donors (Lipinski definition) is 4. The fourth-order valence-corrected chi connectivity index (χ4v) is 2.58. The van der Waals surface area contributed by atoms with Crippen LogP contribution < -0.4 is 11.5 Å². The summed E-state index contributed by atoms with van der Waals surface area (Å²) in [7, 11) is 0. The molecule has 6 heteroatoms. The molecule has 0 unspecified atom stereocenters. The van der Waals surface area contributed by atoms with Crippen LogP contribution in [0.4, 0.5) is 0 Å². The average molecular weight is 308 g/mol. The van der Waals surface area contributed by atoms with Crippen LogP contribution in [-0.2, 0) is 10.8 Å². The Hall–Kier alpha value is -1.92. The van der Waals surface area contributed by atoms with Crippen LogP contribution in [0.1, 0.15) is 59.5 Å². The largest absolute Gasteiger partial charge is 0.395 e. The van der Waals surface area contributed by atoms with Gasteiger partial charge in [-0.2, -0.15) is 0 Å². The van der Waals surface area contributed by atoms with Gasteiger partial charge in [0.05, 0.1) is 13.2 Å². The Morgan fingerprint density at radius 3 is 1.32 bits per heavy atom. The maximum Gasteiger partial charge on any atom is 0.249 e. The zero-order valence-electron chi connectivity index (χ0n) is 13.4. The van der Waals surface area contributed by atoms with Crippen molar-refractivity contribution < 1.29 is 19.8 Å². The highest BCUT2D eigenvalue weighted by Crippen LogP contribution is 2.38. The topological polar surface area (TPSA) is 127 Å². The van der Waals surface area contributed by atoms with Crippen molar-refractivity contribution in [3.8, 4) is 0 Å². The summed E-state index contributed by atoms with van der Waals surface area (Å²) in [6.45, 7) is 6.41. The van der Waals surface area contributed by atoms with E-state index in [2.05, 4.69) is 0 Å². The van der Waals surface area contributed by atoms with Crippen LogP contribution in [0.2, 0.25) is 0 Å². The van der Waals surface area contributed by atoms with Crippen LogP contribution in [0.25, 0.3) is 0 Å². The molecule has 0 atom stereocenters. The molecule has 2 amide bonds. The van der Waals surface area contributed by atoms with E-state index < -0.39 is 22.6 Å². The quantitative estimate of drug-likeness (QED) is 0.607. The Kier molecular flexibility index (Phi) is 4.99. The fraction of sp³-hybridized carbons (Fsp3) is 0.500. The number of rotatable bonds is 6. The second kappa shape index (κ2) is 6.06. The SMILES string of the molecule is CC(C)(CO)c1c(C(N)=O)ccc(C(N)=O)c1C(C)(C)CO. The number of benzene rings is 1. The molecule has 0 aromatic heterocycles. The van der Waals surface area contributed by atoms with E-state index in [1.165, 1.54) is 12.1 Å². The molecule has 0 bridgehead atoms. The van der Waals surface area contributed by atoms with Gasteiger partial charge in [0.1, 0.15) is 0 Å². The molecule has 0 saturated heterocycles. The molecule has 0 aliphatic heterocycles. The lowest BCUT2D eigenvalue weighted by Crippen LogP contribution is -2.36.